The van der Waals surface area contributed by atoms with Crippen molar-refractivity contribution in [3.05, 3.63) is 0 Å². The predicted molar refractivity (Wildman–Crippen MR) is 22.9 cm³/mol. The van der Waals surface area contributed by atoms with E-state index in [-0.39, 0.29) is 0 Å². The zero-order valence-electron chi connectivity index (χ0n) is 4.17. The lowest BCUT2D eigenvalue weighted by Crippen LogP contribution is -2.41. The minimum absolute atomic E-state index is 1.81. The van der Waals surface area contributed by atoms with Crippen LogP contribution in [-0.4, -0.2) is 18.2 Å². The Morgan fingerprint density at radius 1 is 1.44 bits per heavy atom. The van der Waals surface area contributed by atoms with Crippen molar-refractivity contribution in [2.75, 3.05) is 0 Å². The van der Waals surface area contributed by atoms with E-state index in [1.165, 1.54) is 0 Å². The van der Waals surface area contributed by atoms with Crippen LogP contribution in [0.4, 0.5) is 17.6 Å². The van der Waals surface area contributed by atoms with E-state index in [4.69, 9.17) is 5.41 Å². The van der Waals surface area contributed by atoms with E-state index in [9.17, 15) is 17.6 Å². The molecule has 0 aromatic rings. The Labute approximate surface area is 48.2 Å². The van der Waals surface area contributed by atoms with Crippen LogP contribution in [0.5, 0.6) is 0 Å². The van der Waals surface area contributed by atoms with Gasteiger partial charge in [0.1, 0.15) is 0 Å². The maximum atomic E-state index is 11.6. The molecule has 0 aliphatic rings. The Morgan fingerprint density at radius 2 is 1.78 bits per heavy atom. The fourth-order valence-corrected chi connectivity index (χ4v) is 0.118. The third kappa shape index (κ3) is 1.55. The van der Waals surface area contributed by atoms with Crippen molar-refractivity contribution in [1.29, 1.82) is 5.41 Å². The monoisotopic (exact) mass is 144 g/mol. The second-order valence-electron chi connectivity index (χ2n) is 1.34. The molecule has 0 aliphatic heterocycles. The van der Waals surface area contributed by atoms with Crippen molar-refractivity contribution in [2.45, 2.75) is 12.3 Å². The first kappa shape index (κ1) is 8.19. The van der Waals surface area contributed by atoms with Crippen molar-refractivity contribution in [3.8, 4) is 0 Å². The van der Waals surface area contributed by atoms with Gasteiger partial charge in [0.25, 0.3) is 0 Å². The molecule has 0 rings (SSSR count). The molecular formula is C3H4F4N2. The summed E-state index contributed by atoms with van der Waals surface area (Å²) in [4.78, 5) is 0. The van der Waals surface area contributed by atoms with Crippen molar-refractivity contribution in [1.82, 2.24) is 0 Å². The highest BCUT2D eigenvalue weighted by molar-refractivity contribution is 5.84. The molecule has 0 fully saturated rings. The summed E-state index contributed by atoms with van der Waals surface area (Å²) in [5.41, 5.74) is 4.12. The maximum Gasteiger partial charge on any atom is 0.362 e. The summed E-state index contributed by atoms with van der Waals surface area (Å²) in [6, 6.07) is 0. The smallest absolute Gasteiger partial charge is 0.362 e. The highest BCUT2D eigenvalue weighted by Crippen LogP contribution is 2.21. The molecule has 0 heterocycles. The van der Waals surface area contributed by atoms with Gasteiger partial charge in [0.05, 0.1) is 0 Å². The number of nitrogens with two attached hydrogens (primary N) is 1. The van der Waals surface area contributed by atoms with Crippen LogP contribution in [0.15, 0.2) is 0 Å². The molecule has 0 saturated heterocycles. The molecule has 0 radical (unpaired) electrons. The Balaban J connectivity index is 4.19. The molecule has 0 unspecified atom stereocenters. The summed E-state index contributed by atoms with van der Waals surface area (Å²) in [5.74, 6) is -6.28. The standard InChI is InChI=1S/C3H4F4N2/c4-1(5)3(6,7)2(8)9/h1H,(H3,8,9). The van der Waals surface area contributed by atoms with E-state index in [2.05, 4.69) is 5.73 Å². The average Bonchev–Trinajstić information content (AvgIpc) is 1.65. The summed E-state index contributed by atoms with van der Waals surface area (Å²) < 4.78 is 45.3. The minimum atomic E-state index is -4.47. The number of nitrogens with one attached hydrogen (secondary N) is 1. The van der Waals surface area contributed by atoms with Crippen LogP contribution < -0.4 is 5.73 Å². The fraction of sp³-hybridized carbons (Fsp3) is 0.667. The second kappa shape index (κ2) is 2.20. The summed E-state index contributed by atoms with van der Waals surface area (Å²) in [7, 11) is 0. The zero-order valence-corrected chi connectivity index (χ0v) is 4.17. The minimum Gasteiger partial charge on any atom is -0.382 e. The number of rotatable bonds is 2. The summed E-state index contributed by atoms with van der Waals surface area (Å²) >= 11 is 0. The Hall–Kier alpha value is -0.810. The molecule has 9 heavy (non-hydrogen) atoms. The molecule has 0 aromatic heterocycles. The van der Waals surface area contributed by atoms with E-state index in [0.29, 0.717) is 0 Å². The van der Waals surface area contributed by atoms with Crippen molar-refractivity contribution < 1.29 is 17.6 Å². The zero-order chi connectivity index (χ0) is 7.65. The average molecular weight is 144 g/mol. The van der Waals surface area contributed by atoms with Crippen LogP contribution in [-0.2, 0) is 0 Å². The number of hydrogen-bond donors (Lipinski definition) is 2. The molecular weight excluding hydrogens is 140 g/mol. The Kier molecular flexibility index (Phi) is 2.00. The van der Waals surface area contributed by atoms with Crippen LogP contribution in [0.3, 0.4) is 0 Å². The van der Waals surface area contributed by atoms with Crippen molar-refractivity contribution in [2.24, 2.45) is 5.73 Å². The van der Waals surface area contributed by atoms with E-state index in [1.54, 1.807) is 0 Å². The van der Waals surface area contributed by atoms with Crippen molar-refractivity contribution >= 4 is 5.84 Å². The van der Waals surface area contributed by atoms with Crippen LogP contribution in [0.1, 0.15) is 0 Å². The van der Waals surface area contributed by atoms with Gasteiger partial charge in [0, 0.05) is 0 Å². The lowest BCUT2D eigenvalue weighted by Gasteiger charge is -2.11. The number of alkyl halides is 4. The van der Waals surface area contributed by atoms with Gasteiger partial charge in [-0.05, 0) is 0 Å². The van der Waals surface area contributed by atoms with Crippen LogP contribution >= 0.6 is 0 Å². The van der Waals surface area contributed by atoms with Gasteiger partial charge in [-0.15, -0.1) is 0 Å². The van der Waals surface area contributed by atoms with Gasteiger partial charge < -0.3 is 5.73 Å². The Bertz CT molecular complexity index is 121. The molecule has 0 saturated carbocycles. The molecule has 0 atom stereocenters. The largest absolute Gasteiger partial charge is 0.382 e. The first-order chi connectivity index (χ1) is 3.89. The third-order valence-electron chi connectivity index (χ3n) is 0.633. The van der Waals surface area contributed by atoms with Crippen LogP contribution in [0.25, 0.3) is 0 Å². The van der Waals surface area contributed by atoms with Crippen molar-refractivity contribution in [3.63, 3.8) is 0 Å². The van der Waals surface area contributed by atoms with Gasteiger partial charge in [-0.3, -0.25) is 5.41 Å². The lowest BCUT2D eigenvalue weighted by atomic mass is 10.3. The highest BCUT2D eigenvalue weighted by atomic mass is 19.3. The molecule has 54 valence electrons. The SMILES string of the molecule is N=C(N)C(F)(F)C(F)F. The van der Waals surface area contributed by atoms with Gasteiger partial charge in [0.2, 0.25) is 0 Å². The van der Waals surface area contributed by atoms with Crippen LogP contribution in [0.2, 0.25) is 0 Å². The molecule has 6 heteroatoms. The molecule has 2 nitrogen and oxygen atoms in total. The lowest BCUT2D eigenvalue weighted by molar-refractivity contribution is -0.0762. The first-order valence-electron chi connectivity index (χ1n) is 1.89. The van der Waals surface area contributed by atoms with Gasteiger partial charge in [-0.2, -0.15) is 8.78 Å². The molecule has 0 aliphatic carbocycles. The number of halogens is 4. The topological polar surface area (TPSA) is 49.9 Å². The molecule has 0 aromatic carbocycles. The predicted octanol–water partition coefficient (Wildman–Crippen LogP) is 0.823. The number of hydrogen-bond acceptors (Lipinski definition) is 1. The molecule has 0 spiro atoms. The Morgan fingerprint density at radius 3 is 1.78 bits per heavy atom. The van der Waals surface area contributed by atoms with E-state index >= 15 is 0 Å². The van der Waals surface area contributed by atoms with Gasteiger partial charge in [-0.1, -0.05) is 0 Å². The van der Waals surface area contributed by atoms with Gasteiger partial charge in [-0.25, -0.2) is 8.78 Å². The van der Waals surface area contributed by atoms with E-state index in [1.807, 2.05) is 0 Å². The van der Waals surface area contributed by atoms with Gasteiger partial charge >= 0.3 is 12.3 Å². The quantitative estimate of drug-likeness (QED) is 0.336. The third-order valence-corrected chi connectivity index (χ3v) is 0.633. The molecule has 0 amide bonds. The highest BCUT2D eigenvalue weighted by Gasteiger charge is 2.44. The fourth-order valence-electron chi connectivity index (χ4n) is 0.118. The van der Waals surface area contributed by atoms with Gasteiger partial charge in [0.15, 0.2) is 5.84 Å². The van der Waals surface area contributed by atoms with Crippen LogP contribution in [0, 0.1) is 5.41 Å². The summed E-state index contributed by atoms with van der Waals surface area (Å²) in [6.07, 6.45) is -3.89. The normalized spacial score (nSPS) is 12.1. The number of amidine groups is 1. The van der Waals surface area contributed by atoms with E-state index < -0.39 is 18.2 Å². The molecule has 3 N–H and O–H groups in total. The summed E-state index contributed by atoms with van der Waals surface area (Å²) in [6.45, 7) is 0. The molecule has 0 bridgehead atoms. The second-order valence-corrected chi connectivity index (χ2v) is 1.34. The van der Waals surface area contributed by atoms with E-state index in [0.717, 1.165) is 0 Å². The first-order valence-corrected chi connectivity index (χ1v) is 1.89. The summed E-state index contributed by atoms with van der Waals surface area (Å²) in [5, 5.41) is 5.98. The maximum absolute atomic E-state index is 11.6.